The molecule has 4 unspecified atom stereocenters. The second kappa shape index (κ2) is 5.82. The molecule has 2 aliphatic rings. The Labute approximate surface area is 123 Å². The van der Waals surface area contributed by atoms with Crippen LogP contribution < -0.4 is 0 Å². The molecule has 1 aromatic heterocycles. The molecule has 0 bridgehead atoms. The van der Waals surface area contributed by atoms with Gasteiger partial charge in [0.2, 0.25) is 0 Å². The van der Waals surface area contributed by atoms with E-state index >= 15 is 0 Å². The summed E-state index contributed by atoms with van der Waals surface area (Å²) in [6, 6.07) is 0.275. The van der Waals surface area contributed by atoms with Crippen LogP contribution in [-0.2, 0) is 4.79 Å². The van der Waals surface area contributed by atoms with Gasteiger partial charge in [-0.05, 0) is 38.5 Å². The first-order chi connectivity index (χ1) is 9.68. The maximum Gasteiger partial charge on any atom is 0.320 e. The molecule has 20 heavy (non-hydrogen) atoms. The molecular weight excluding hydrogens is 272 g/mol. The van der Waals surface area contributed by atoms with E-state index in [0.29, 0.717) is 12.0 Å². The van der Waals surface area contributed by atoms with Crippen LogP contribution in [0.25, 0.3) is 0 Å². The zero-order valence-electron chi connectivity index (χ0n) is 11.9. The molecular formula is C15H22N2O2S. The van der Waals surface area contributed by atoms with Crippen molar-refractivity contribution >= 4 is 17.3 Å². The highest BCUT2D eigenvalue weighted by Gasteiger charge is 2.43. The first-order valence-electron chi connectivity index (χ1n) is 7.57. The van der Waals surface area contributed by atoms with Crippen molar-refractivity contribution in [2.24, 2.45) is 5.92 Å². The SMILES string of the molecule is CC(c1cncs1)N1C(C(=O)O)CCC2CCCCC21. The number of hydrogen-bond acceptors (Lipinski definition) is 4. The third-order valence-electron chi connectivity index (χ3n) is 5.02. The van der Waals surface area contributed by atoms with Gasteiger partial charge in [0.15, 0.2) is 0 Å². The molecule has 1 N–H and O–H groups in total. The first-order valence-corrected chi connectivity index (χ1v) is 8.45. The number of aromatic nitrogens is 1. The fraction of sp³-hybridized carbons (Fsp3) is 0.733. The summed E-state index contributed by atoms with van der Waals surface area (Å²) < 4.78 is 0. The number of likely N-dealkylation sites (tertiary alicyclic amines) is 1. The van der Waals surface area contributed by atoms with E-state index in [9.17, 15) is 9.90 Å². The lowest BCUT2D eigenvalue weighted by Crippen LogP contribution is -2.55. The van der Waals surface area contributed by atoms with Crippen LogP contribution in [0.5, 0.6) is 0 Å². The first kappa shape index (κ1) is 14.0. The third kappa shape index (κ3) is 2.49. The number of carbonyl (C=O) groups is 1. The van der Waals surface area contributed by atoms with Crippen molar-refractivity contribution in [3.63, 3.8) is 0 Å². The maximum absolute atomic E-state index is 11.7. The predicted molar refractivity (Wildman–Crippen MR) is 78.8 cm³/mol. The van der Waals surface area contributed by atoms with Crippen LogP contribution in [0.2, 0.25) is 0 Å². The molecule has 1 saturated heterocycles. The van der Waals surface area contributed by atoms with E-state index < -0.39 is 5.97 Å². The van der Waals surface area contributed by atoms with Crippen molar-refractivity contribution in [3.8, 4) is 0 Å². The molecule has 0 radical (unpaired) electrons. The highest BCUT2D eigenvalue weighted by Crippen LogP contribution is 2.42. The number of thiazole rings is 1. The summed E-state index contributed by atoms with van der Waals surface area (Å²) in [5.41, 5.74) is 1.84. The number of carboxylic acids is 1. The fourth-order valence-electron chi connectivity index (χ4n) is 4.06. The lowest BCUT2D eigenvalue weighted by atomic mass is 9.75. The molecule has 110 valence electrons. The molecule has 2 heterocycles. The molecule has 0 amide bonds. The topological polar surface area (TPSA) is 53.4 Å². The minimum atomic E-state index is -0.662. The molecule has 1 aromatic rings. The standard InChI is InChI=1S/C15H22N2O2S/c1-10(14-8-16-9-20-14)17-12-5-3-2-4-11(12)6-7-13(17)15(18)19/h8-13H,2-7H2,1H3,(H,18,19). The zero-order chi connectivity index (χ0) is 14.1. The van der Waals surface area contributed by atoms with E-state index in [1.807, 2.05) is 11.7 Å². The van der Waals surface area contributed by atoms with Gasteiger partial charge in [0, 0.05) is 23.2 Å². The van der Waals surface area contributed by atoms with Gasteiger partial charge in [-0.1, -0.05) is 12.8 Å². The van der Waals surface area contributed by atoms with Crippen LogP contribution in [0, 0.1) is 5.92 Å². The van der Waals surface area contributed by atoms with Crippen LogP contribution >= 0.6 is 11.3 Å². The summed E-state index contributed by atoms with van der Waals surface area (Å²) in [6.07, 6.45) is 8.72. The average molecular weight is 294 g/mol. The number of aliphatic carboxylic acids is 1. The van der Waals surface area contributed by atoms with Gasteiger partial charge in [0.1, 0.15) is 6.04 Å². The maximum atomic E-state index is 11.7. The predicted octanol–water partition coefficient (Wildman–Crippen LogP) is 3.31. The highest BCUT2D eigenvalue weighted by atomic mass is 32.1. The fourth-order valence-corrected chi connectivity index (χ4v) is 4.74. The van der Waals surface area contributed by atoms with E-state index in [1.165, 1.54) is 24.1 Å². The molecule has 1 aliphatic carbocycles. The Balaban J connectivity index is 1.89. The van der Waals surface area contributed by atoms with E-state index in [-0.39, 0.29) is 12.1 Å². The minimum absolute atomic E-state index is 0.162. The van der Waals surface area contributed by atoms with Gasteiger partial charge in [-0.25, -0.2) is 0 Å². The molecule has 1 saturated carbocycles. The largest absolute Gasteiger partial charge is 0.480 e. The minimum Gasteiger partial charge on any atom is -0.480 e. The monoisotopic (exact) mass is 294 g/mol. The van der Waals surface area contributed by atoms with Gasteiger partial charge in [-0.3, -0.25) is 14.7 Å². The second-order valence-electron chi connectivity index (χ2n) is 6.07. The Morgan fingerprint density at radius 1 is 1.40 bits per heavy atom. The van der Waals surface area contributed by atoms with Crippen LogP contribution in [0.3, 0.4) is 0 Å². The normalized spacial score (nSPS) is 32.5. The quantitative estimate of drug-likeness (QED) is 0.929. The Bertz CT molecular complexity index is 462. The Kier molecular flexibility index (Phi) is 4.08. The Hall–Kier alpha value is -0.940. The summed E-state index contributed by atoms with van der Waals surface area (Å²) in [7, 11) is 0. The number of carboxylic acid groups (broad SMARTS) is 1. The van der Waals surface area contributed by atoms with Gasteiger partial charge in [-0.15, -0.1) is 11.3 Å². The highest BCUT2D eigenvalue weighted by molar-refractivity contribution is 7.09. The number of nitrogens with zero attached hydrogens (tertiary/aromatic N) is 2. The average Bonchev–Trinajstić information content (AvgIpc) is 2.99. The zero-order valence-corrected chi connectivity index (χ0v) is 12.7. The van der Waals surface area contributed by atoms with Crippen molar-refractivity contribution in [1.29, 1.82) is 0 Å². The molecule has 0 aromatic carbocycles. The summed E-state index contributed by atoms with van der Waals surface area (Å²) in [5.74, 6) is 0.0279. The molecule has 4 nitrogen and oxygen atoms in total. The third-order valence-corrected chi connectivity index (χ3v) is 5.96. The summed E-state index contributed by atoms with van der Waals surface area (Å²) in [4.78, 5) is 19.3. The van der Waals surface area contributed by atoms with Gasteiger partial charge >= 0.3 is 5.97 Å². The van der Waals surface area contributed by atoms with Crippen molar-refractivity contribution in [1.82, 2.24) is 9.88 Å². The van der Waals surface area contributed by atoms with Crippen molar-refractivity contribution in [2.45, 2.75) is 63.6 Å². The number of hydrogen-bond donors (Lipinski definition) is 1. The number of piperidine rings is 1. The molecule has 3 rings (SSSR count). The summed E-state index contributed by atoms with van der Waals surface area (Å²) in [6.45, 7) is 2.14. The van der Waals surface area contributed by atoms with Crippen molar-refractivity contribution in [2.75, 3.05) is 0 Å². The summed E-state index contributed by atoms with van der Waals surface area (Å²) >= 11 is 1.63. The van der Waals surface area contributed by atoms with Gasteiger partial charge in [-0.2, -0.15) is 0 Å². The van der Waals surface area contributed by atoms with E-state index in [0.717, 1.165) is 19.3 Å². The van der Waals surface area contributed by atoms with Crippen LogP contribution in [-0.4, -0.2) is 33.0 Å². The van der Waals surface area contributed by atoms with E-state index in [2.05, 4.69) is 16.8 Å². The Morgan fingerprint density at radius 3 is 2.90 bits per heavy atom. The van der Waals surface area contributed by atoms with Crippen LogP contribution in [0.15, 0.2) is 11.7 Å². The smallest absolute Gasteiger partial charge is 0.320 e. The Morgan fingerprint density at radius 2 is 2.20 bits per heavy atom. The molecule has 5 heteroatoms. The number of rotatable bonds is 3. The molecule has 4 atom stereocenters. The van der Waals surface area contributed by atoms with Crippen LogP contribution in [0.4, 0.5) is 0 Å². The summed E-state index contributed by atoms with van der Waals surface area (Å²) in [5, 5.41) is 9.59. The van der Waals surface area contributed by atoms with Gasteiger partial charge in [0.05, 0.1) is 5.51 Å². The van der Waals surface area contributed by atoms with E-state index in [4.69, 9.17) is 0 Å². The second-order valence-corrected chi connectivity index (χ2v) is 6.99. The van der Waals surface area contributed by atoms with E-state index in [1.54, 1.807) is 11.3 Å². The molecule has 2 fully saturated rings. The van der Waals surface area contributed by atoms with Crippen molar-refractivity contribution < 1.29 is 9.90 Å². The van der Waals surface area contributed by atoms with Crippen LogP contribution in [0.1, 0.15) is 56.4 Å². The number of fused-ring (bicyclic) bond motifs is 1. The lowest BCUT2D eigenvalue weighted by Gasteiger charge is -2.49. The molecule has 0 spiro atoms. The van der Waals surface area contributed by atoms with Crippen molar-refractivity contribution in [3.05, 3.63) is 16.6 Å². The van der Waals surface area contributed by atoms with Gasteiger partial charge < -0.3 is 5.11 Å². The molecule has 1 aliphatic heterocycles. The van der Waals surface area contributed by atoms with Gasteiger partial charge in [0.25, 0.3) is 0 Å². The lowest BCUT2D eigenvalue weighted by molar-refractivity contribution is -0.150.